The van der Waals surface area contributed by atoms with Crippen LogP contribution in [0.4, 0.5) is 9.93 Å². The smallest absolute Gasteiger partial charge is 0.321 e. The summed E-state index contributed by atoms with van der Waals surface area (Å²) in [6.45, 7) is 8.10. The Morgan fingerprint density at radius 3 is 2.68 bits per heavy atom. The Morgan fingerprint density at radius 1 is 1.42 bits per heavy atom. The fourth-order valence-corrected chi connectivity index (χ4v) is 2.52. The van der Waals surface area contributed by atoms with Gasteiger partial charge in [0.2, 0.25) is 0 Å². The summed E-state index contributed by atoms with van der Waals surface area (Å²) in [5, 5.41) is 15.1. The van der Waals surface area contributed by atoms with Gasteiger partial charge < -0.3 is 10.4 Å². The van der Waals surface area contributed by atoms with E-state index in [1.54, 1.807) is 6.20 Å². The summed E-state index contributed by atoms with van der Waals surface area (Å²) < 4.78 is 0. The molecule has 0 aliphatic heterocycles. The number of aliphatic hydroxyl groups is 1. The van der Waals surface area contributed by atoms with E-state index >= 15 is 0 Å². The van der Waals surface area contributed by atoms with Crippen molar-refractivity contribution in [2.45, 2.75) is 40.2 Å². The van der Waals surface area contributed by atoms with Crippen molar-refractivity contribution in [3.8, 4) is 0 Å². The molecule has 0 aliphatic rings. The number of amides is 2. The second-order valence-corrected chi connectivity index (χ2v) is 6.39. The molecule has 0 aromatic carbocycles. The lowest BCUT2D eigenvalue weighted by molar-refractivity contribution is 0.204. The van der Waals surface area contributed by atoms with Crippen molar-refractivity contribution in [2.24, 2.45) is 11.8 Å². The number of aromatic nitrogens is 1. The van der Waals surface area contributed by atoms with Crippen molar-refractivity contribution < 1.29 is 9.90 Å². The molecule has 2 atom stereocenters. The highest BCUT2D eigenvalue weighted by molar-refractivity contribution is 7.15. The number of aliphatic hydroxyl groups excluding tert-OH is 1. The van der Waals surface area contributed by atoms with E-state index in [1.807, 2.05) is 13.8 Å². The van der Waals surface area contributed by atoms with Gasteiger partial charge in [-0.15, -0.1) is 11.3 Å². The fourth-order valence-electron chi connectivity index (χ4n) is 1.50. The molecule has 1 aromatic heterocycles. The van der Waals surface area contributed by atoms with Gasteiger partial charge in [0.15, 0.2) is 5.13 Å². The Hall–Kier alpha value is -1.14. The van der Waals surface area contributed by atoms with Gasteiger partial charge in [0.1, 0.15) is 0 Å². The summed E-state index contributed by atoms with van der Waals surface area (Å²) in [7, 11) is 0. The molecule has 0 aliphatic carbocycles. The van der Waals surface area contributed by atoms with Gasteiger partial charge in [0.25, 0.3) is 0 Å². The molecule has 1 rings (SSSR count). The second-order valence-electron chi connectivity index (χ2n) is 5.28. The summed E-state index contributed by atoms with van der Waals surface area (Å²) in [6, 6.07) is -0.363. The minimum absolute atomic E-state index is 0.0264. The molecule has 0 fully saturated rings. The number of thiazole rings is 1. The van der Waals surface area contributed by atoms with Crippen LogP contribution in [0.25, 0.3) is 0 Å². The van der Waals surface area contributed by atoms with Crippen LogP contribution in [0, 0.1) is 11.8 Å². The predicted octanol–water partition coefficient (Wildman–Crippen LogP) is 2.48. The molecule has 0 saturated carbocycles. The van der Waals surface area contributed by atoms with Crippen LogP contribution >= 0.6 is 11.3 Å². The van der Waals surface area contributed by atoms with Crippen molar-refractivity contribution >= 4 is 22.5 Å². The Bertz CT molecular complexity index is 406. The van der Waals surface area contributed by atoms with Gasteiger partial charge >= 0.3 is 6.03 Å². The number of hydrogen-bond acceptors (Lipinski definition) is 4. The first-order valence-corrected chi connectivity index (χ1v) is 7.37. The molecule has 19 heavy (non-hydrogen) atoms. The molecule has 1 aromatic rings. The van der Waals surface area contributed by atoms with Crippen LogP contribution in [-0.4, -0.2) is 28.8 Å². The van der Waals surface area contributed by atoms with E-state index in [4.69, 9.17) is 5.11 Å². The standard InChI is InChI=1S/C13H23N3O2S/c1-8(2)5-11-6-14-13(19-11)16-12(18)15-10(4)9(3)7-17/h6,8-10,17H,5,7H2,1-4H3,(H2,14,15,16,18)/t9-,10-/m1/s1. The zero-order chi connectivity index (χ0) is 14.4. The average Bonchev–Trinajstić information content (AvgIpc) is 2.73. The highest BCUT2D eigenvalue weighted by Gasteiger charge is 2.14. The van der Waals surface area contributed by atoms with Gasteiger partial charge in [-0.25, -0.2) is 9.78 Å². The van der Waals surface area contributed by atoms with Gasteiger partial charge in [-0.2, -0.15) is 0 Å². The Balaban J connectivity index is 2.46. The fraction of sp³-hybridized carbons (Fsp3) is 0.692. The van der Waals surface area contributed by atoms with Crippen LogP contribution in [0.15, 0.2) is 6.20 Å². The van der Waals surface area contributed by atoms with Crippen LogP contribution in [0.3, 0.4) is 0 Å². The Morgan fingerprint density at radius 2 is 2.11 bits per heavy atom. The monoisotopic (exact) mass is 285 g/mol. The summed E-state index contributed by atoms with van der Waals surface area (Å²) in [6.07, 6.45) is 2.78. The van der Waals surface area contributed by atoms with Gasteiger partial charge in [0.05, 0.1) is 0 Å². The first kappa shape index (κ1) is 15.9. The topological polar surface area (TPSA) is 74.2 Å². The first-order valence-electron chi connectivity index (χ1n) is 6.55. The molecule has 3 N–H and O–H groups in total. The van der Waals surface area contributed by atoms with Crippen LogP contribution < -0.4 is 10.6 Å². The number of hydrogen-bond donors (Lipinski definition) is 3. The predicted molar refractivity (Wildman–Crippen MR) is 78.5 cm³/mol. The van der Waals surface area contributed by atoms with E-state index in [2.05, 4.69) is 29.5 Å². The maximum Gasteiger partial charge on any atom is 0.321 e. The molecule has 1 heterocycles. The molecule has 0 unspecified atom stereocenters. The lowest BCUT2D eigenvalue weighted by Gasteiger charge is -2.18. The minimum Gasteiger partial charge on any atom is -0.396 e. The largest absolute Gasteiger partial charge is 0.396 e. The van der Waals surface area contributed by atoms with E-state index in [0.29, 0.717) is 11.0 Å². The summed E-state index contributed by atoms with van der Waals surface area (Å²) in [5.74, 6) is 0.603. The Labute approximate surface area is 118 Å². The zero-order valence-electron chi connectivity index (χ0n) is 11.9. The van der Waals surface area contributed by atoms with E-state index in [-0.39, 0.29) is 24.6 Å². The minimum atomic E-state index is -0.279. The van der Waals surface area contributed by atoms with E-state index < -0.39 is 0 Å². The highest BCUT2D eigenvalue weighted by Crippen LogP contribution is 2.20. The quantitative estimate of drug-likeness (QED) is 0.751. The van der Waals surface area contributed by atoms with Crippen molar-refractivity contribution in [2.75, 3.05) is 11.9 Å². The molecular formula is C13H23N3O2S. The van der Waals surface area contributed by atoms with Crippen LogP contribution in [-0.2, 0) is 6.42 Å². The first-order chi connectivity index (χ1) is 8.92. The van der Waals surface area contributed by atoms with Crippen molar-refractivity contribution in [3.63, 3.8) is 0 Å². The summed E-state index contributed by atoms with van der Waals surface area (Å²) >= 11 is 1.50. The van der Waals surface area contributed by atoms with Gasteiger partial charge in [-0.3, -0.25) is 5.32 Å². The number of urea groups is 1. The number of carbonyl (C=O) groups excluding carboxylic acids is 1. The van der Waals surface area contributed by atoms with E-state index in [9.17, 15) is 4.79 Å². The van der Waals surface area contributed by atoms with E-state index in [0.717, 1.165) is 6.42 Å². The van der Waals surface area contributed by atoms with Crippen LogP contribution in [0.2, 0.25) is 0 Å². The van der Waals surface area contributed by atoms with Crippen LogP contribution in [0.1, 0.15) is 32.6 Å². The zero-order valence-corrected chi connectivity index (χ0v) is 12.8. The maximum atomic E-state index is 11.7. The number of nitrogens with one attached hydrogen (secondary N) is 2. The molecule has 2 amide bonds. The molecular weight excluding hydrogens is 262 g/mol. The van der Waals surface area contributed by atoms with Crippen molar-refractivity contribution in [3.05, 3.63) is 11.1 Å². The normalized spacial score (nSPS) is 14.2. The van der Waals surface area contributed by atoms with Crippen molar-refractivity contribution in [1.82, 2.24) is 10.3 Å². The molecule has 108 valence electrons. The molecule has 0 spiro atoms. The van der Waals surface area contributed by atoms with E-state index in [1.165, 1.54) is 16.2 Å². The Kier molecular flexibility index (Phi) is 6.24. The van der Waals surface area contributed by atoms with Crippen LogP contribution in [0.5, 0.6) is 0 Å². The number of rotatable bonds is 6. The summed E-state index contributed by atoms with van der Waals surface area (Å²) in [5.41, 5.74) is 0. The molecule has 0 bridgehead atoms. The van der Waals surface area contributed by atoms with Gasteiger partial charge in [0, 0.05) is 23.7 Å². The third-order valence-electron chi connectivity index (χ3n) is 2.88. The van der Waals surface area contributed by atoms with Gasteiger partial charge in [-0.05, 0) is 25.2 Å². The lowest BCUT2D eigenvalue weighted by Crippen LogP contribution is -2.40. The van der Waals surface area contributed by atoms with Crippen molar-refractivity contribution in [1.29, 1.82) is 0 Å². The molecule has 6 heteroatoms. The molecule has 0 saturated heterocycles. The maximum absolute atomic E-state index is 11.7. The molecule has 5 nitrogen and oxygen atoms in total. The number of carbonyl (C=O) groups is 1. The highest BCUT2D eigenvalue weighted by atomic mass is 32.1. The SMILES string of the molecule is CC(C)Cc1cnc(NC(=O)N[C@H](C)[C@H](C)CO)s1. The average molecular weight is 285 g/mol. The number of nitrogens with zero attached hydrogens (tertiary/aromatic N) is 1. The molecule has 0 radical (unpaired) electrons. The second kappa shape index (κ2) is 7.45. The lowest BCUT2D eigenvalue weighted by atomic mass is 10.1. The number of anilines is 1. The third kappa shape index (κ3) is 5.57. The third-order valence-corrected chi connectivity index (χ3v) is 3.82. The summed E-state index contributed by atoms with van der Waals surface area (Å²) in [4.78, 5) is 17.1. The van der Waals surface area contributed by atoms with Gasteiger partial charge in [-0.1, -0.05) is 20.8 Å².